The lowest BCUT2D eigenvalue weighted by Crippen LogP contribution is -2.33. The van der Waals surface area contributed by atoms with Crippen LogP contribution in [0.4, 0.5) is 9.59 Å². The highest BCUT2D eigenvalue weighted by Crippen LogP contribution is 2.24. The van der Waals surface area contributed by atoms with Crippen molar-refractivity contribution in [2.45, 2.75) is 65.6 Å². The number of nitrogens with one attached hydrogen (secondary N) is 2. The lowest BCUT2D eigenvalue weighted by atomic mass is 10.2. The van der Waals surface area contributed by atoms with Crippen molar-refractivity contribution >= 4 is 18.2 Å². The predicted molar refractivity (Wildman–Crippen MR) is 126 cm³/mol. The maximum absolute atomic E-state index is 12.0. The molecule has 0 aliphatic heterocycles. The zero-order chi connectivity index (χ0) is 25.8. The van der Waals surface area contributed by atoms with Gasteiger partial charge in [0.2, 0.25) is 0 Å². The molecule has 0 aliphatic carbocycles. The summed E-state index contributed by atoms with van der Waals surface area (Å²) in [5.74, 6) is 0.345. The Labute approximate surface area is 201 Å². The topological polar surface area (TPSA) is 121 Å². The second-order valence-electron chi connectivity index (χ2n) is 9.45. The SMILES string of the molecule is COC(=O)c1cc(OCCCNC(=O)OC(C)(C)C)cc(OCCCNC(=O)OC(C)(C)C)c1. The minimum absolute atomic E-state index is 0.286. The number of alkyl carbamates (subject to hydrolysis) is 2. The summed E-state index contributed by atoms with van der Waals surface area (Å²) in [5.41, 5.74) is -0.831. The number of rotatable bonds is 11. The minimum atomic E-state index is -0.558. The van der Waals surface area contributed by atoms with Crippen LogP contribution in [0, 0.1) is 0 Å². The van der Waals surface area contributed by atoms with Crippen LogP contribution in [-0.4, -0.2) is 62.8 Å². The maximum Gasteiger partial charge on any atom is 0.407 e. The fourth-order valence-electron chi connectivity index (χ4n) is 2.51. The molecule has 2 N–H and O–H groups in total. The van der Waals surface area contributed by atoms with Crippen molar-refractivity contribution in [1.29, 1.82) is 0 Å². The summed E-state index contributed by atoms with van der Waals surface area (Å²) in [4.78, 5) is 35.3. The molecule has 0 unspecified atom stereocenters. The third-order valence-corrected chi connectivity index (χ3v) is 3.82. The Morgan fingerprint density at radius 2 is 1.15 bits per heavy atom. The van der Waals surface area contributed by atoms with Crippen molar-refractivity contribution < 1.29 is 38.1 Å². The summed E-state index contributed by atoms with van der Waals surface area (Å²) in [5, 5.41) is 5.31. The smallest absolute Gasteiger partial charge is 0.407 e. The Morgan fingerprint density at radius 1 is 0.735 bits per heavy atom. The van der Waals surface area contributed by atoms with E-state index in [0.717, 1.165) is 0 Å². The Kier molecular flexibility index (Phi) is 11.5. The van der Waals surface area contributed by atoms with Gasteiger partial charge >= 0.3 is 18.2 Å². The Balaban J connectivity index is 2.52. The molecule has 192 valence electrons. The number of carbonyl (C=O) groups is 3. The molecular formula is C24H38N2O8. The molecule has 0 spiro atoms. The summed E-state index contributed by atoms with van der Waals surface area (Å²) in [6, 6.07) is 4.78. The first-order chi connectivity index (χ1) is 15.8. The van der Waals surface area contributed by atoms with E-state index >= 15 is 0 Å². The van der Waals surface area contributed by atoms with Crippen LogP contribution in [0.1, 0.15) is 64.7 Å². The van der Waals surface area contributed by atoms with Crippen molar-refractivity contribution in [2.75, 3.05) is 33.4 Å². The van der Waals surface area contributed by atoms with E-state index in [0.29, 0.717) is 50.6 Å². The molecule has 0 heterocycles. The van der Waals surface area contributed by atoms with E-state index < -0.39 is 29.4 Å². The molecule has 10 nitrogen and oxygen atoms in total. The number of esters is 1. The summed E-state index contributed by atoms with van der Waals surface area (Å²) in [6.45, 7) is 12.1. The molecule has 2 amide bonds. The van der Waals surface area contributed by atoms with Crippen LogP contribution in [0.15, 0.2) is 18.2 Å². The molecular weight excluding hydrogens is 444 g/mol. The van der Waals surface area contributed by atoms with Crippen LogP contribution < -0.4 is 20.1 Å². The molecule has 0 radical (unpaired) electrons. The van der Waals surface area contributed by atoms with Gasteiger partial charge in [0.15, 0.2) is 0 Å². The largest absolute Gasteiger partial charge is 0.493 e. The molecule has 0 atom stereocenters. The Hall–Kier alpha value is -3.17. The van der Waals surface area contributed by atoms with Crippen LogP contribution in [0.25, 0.3) is 0 Å². The molecule has 1 aromatic rings. The van der Waals surface area contributed by atoms with Gasteiger partial charge in [0.25, 0.3) is 0 Å². The second kappa shape index (κ2) is 13.5. The number of methoxy groups -OCH3 is 1. The molecule has 1 rings (SSSR count). The normalized spacial score (nSPS) is 11.3. The number of ether oxygens (including phenoxy) is 5. The average molecular weight is 483 g/mol. The molecule has 0 bridgehead atoms. The fraction of sp³-hybridized carbons (Fsp3) is 0.625. The van der Waals surface area contributed by atoms with E-state index in [1.165, 1.54) is 7.11 Å². The highest BCUT2D eigenvalue weighted by Gasteiger charge is 2.16. The predicted octanol–water partition coefficient (Wildman–Crippen LogP) is 4.06. The van der Waals surface area contributed by atoms with Crippen molar-refractivity contribution in [3.8, 4) is 11.5 Å². The first-order valence-corrected chi connectivity index (χ1v) is 11.2. The molecule has 10 heteroatoms. The minimum Gasteiger partial charge on any atom is -0.493 e. The molecule has 1 aromatic carbocycles. The van der Waals surface area contributed by atoms with Gasteiger partial charge in [-0.1, -0.05) is 0 Å². The van der Waals surface area contributed by atoms with E-state index in [1.54, 1.807) is 59.7 Å². The first kappa shape index (κ1) is 28.9. The van der Waals surface area contributed by atoms with Crippen LogP contribution in [0.2, 0.25) is 0 Å². The zero-order valence-electron chi connectivity index (χ0n) is 21.2. The Bertz CT molecular complexity index is 756. The standard InChI is InChI=1S/C24H38N2O8/c1-23(2,3)33-21(28)25-10-8-12-31-18-14-17(20(27)30-7)15-19(16-18)32-13-9-11-26-22(29)34-24(4,5)6/h14-16H,8-13H2,1-7H3,(H,25,28)(H,26,29). The van der Waals surface area contributed by atoms with E-state index in [2.05, 4.69) is 10.6 Å². The molecule has 0 aliphatic rings. The van der Waals surface area contributed by atoms with Gasteiger partial charge in [0.1, 0.15) is 22.7 Å². The van der Waals surface area contributed by atoms with E-state index in [9.17, 15) is 14.4 Å². The third kappa shape index (κ3) is 13.4. The first-order valence-electron chi connectivity index (χ1n) is 11.2. The number of hydrogen-bond acceptors (Lipinski definition) is 8. The monoisotopic (exact) mass is 482 g/mol. The van der Waals surface area contributed by atoms with Gasteiger partial charge in [-0.15, -0.1) is 0 Å². The average Bonchev–Trinajstić information content (AvgIpc) is 2.70. The van der Waals surface area contributed by atoms with Gasteiger partial charge in [-0.05, 0) is 66.5 Å². The summed E-state index contributed by atoms with van der Waals surface area (Å²) in [6.07, 6.45) is 0.0941. The van der Waals surface area contributed by atoms with Crippen LogP contribution in [-0.2, 0) is 14.2 Å². The van der Waals surface area contributed by atoms with Gasteiger partial charge in [0, 0.05) is 19.2 Å². The maximum atomic E-state index is 12.0. The number of carbonyl (C=O) groups excluding carboxylic acids is 3. The van der Waals surface area contributed by atoms with E-state index in [-0.39, 0.29) is 5.56 Å². The van der Waals surface area contributed by atoms with Gasteiger partial charge in [-0.3, -0.25) is 0 Å². The summed E-state index contributed by atoms with van der Waals surface area (Å²) in [7, 11) is 1.29. The van der Waals surface area contributed by atoms with Crippen molar-refractivity contribution in [3.05, 3.63) is 23.8 Å². The molecule has 0 fully saturated rings. The van der Waals surface area contributed by atoms with E-state index in [1.807, 2.05) is 0 Å². The fourth-order valence-corrected chi connectivity index (χ4v) is 2.51. The molecule has 0 saturated heterocycles. The van der Waals surface area contributed by atoms with Gasteiger partial charge < -0.3 is 34.3 Å². The van der Waals surface area contributed by atoms with Gasteiger partial charge in [0.05, 0.1) is 25.9 Å². The molecule has 34 heavy (non-hydrogen) atoms. The second-order valence-corrected chi connectivity index (χ2v) is 9.45. The number of benzene rings is 1. The van der Waals surface area contributed by atoms with Crippen molar-refractivity contribution in [3.63, 3.8) is 0 Å². The molecule has 0 aromatic heterocycles. The van der Waals surface area contributed by atoms with Gasteiger partial charge in [-0.2, -0.15) is 0 Å². The highest BCUT2D eigenvalue weighted by molar-refractivity contribution is 5.90. The quantitative estimate of drug-likeness (QED) is 0.275. The zero-order valence-corrected chi connectivity index (χ0v) is 21.2. The third-order valence-electron chi connectivity index (χ3n) is 3.82. The lowest BCUT2D eigenvalue weighted by Gasteiger charge is -2.19. The van der Waals surface area contributed by atoms with E-state index in [4.69, 9.17) is 23.7 Å². The van der Waals surface area contributed by atoms with Crippen LogP contribution in [0.5, 0.6) is 11.5 Å². The number of hydrogen-bond donors (Lipinski definition) is 2. The Morgan fingerprint density at radius 3 is 1.50 bits per heavy atom. The summed E-state index contributed by atoms with van der Waals surface area (Å²) >= 11 is 0. The van der Waals surface area contributed by atoms with Crippen molar-refractivity contribution in [2.24, 2.45) is 0 Å². The lowest BCUT2D eigenvalue weighted by molar-refractivity contribution is 0.0514. The van der Waals surface area contributed by atoms with Gasteiger partial charge in [-0.25, -0.2) is 14.4 Å². The van der Waals surface area contributed by atoms with Crippen LogP contribution >= 0.6 is 0 Å². The van der Waals surface area contributed by atoms with Crippen molar-refractivity contribution in [1.82, 2.24) is 10.6 Å². The summed E-state index contributed by atoms with van der Waals surface area (Å²) < 4.78 is 26.6. The molecule has 0 saturated carbocycles. The number of amides is 2. The van der Waals surface area contributed by atoms with Crippen LogP contribution in [0.3, 0.4) is 0 Å². The highest BCUT2D eigenvalue weighted by atomic mass is 16.6.